The van der Waals surface area contributed by atoms with E-state index in [2.05, 4.69) is 16.7 Å². The average Bonchev–Trinajstić information content (AvgIpc) is 2.15. The van der Waals surface area contributed by atoms with E-state index in [1.165, 1.54) is 0 Å². The van der Waals surface area contributed by atoms with Gasteiger partial charge in [0.25, 0.3) is 0 Å². The molecule has 0 saturated carbocycles. The highest BCUT2D eigenvalue weighted by molar-refractivity contribution is 5.88. The number of hydrogen-bond acceptors (Lipinski definition) is 2. The van der Waals surface area contributed by atoms with Crippen LogP contribution in [0.4, 0.5) is 0 Å². The maximum atomic E-state index is 5.26. The van der Waals surface area contributed by atoms with Crippen molar-refractivity contribution in [1.82, 2.24) is 0 Å². The second-order valence-corrected chi connectivity index (χ2v) is 2.88. The van der Waals surface area contributed by atoms with Crippen LogP contribution in [0, 0.1) is 5.92 Å². The molecular formula is C9H16N2O. The monoisotopic (exact) mass is 168 g/mol. The van der Waals surface area contributed by atoms with Gasteiger partial charge in [-0.15, -0.1) is 0 Å². The zero-order chi connectivity index (χ0) is 8.81. The molecule has 3 nitrogen and oxygen atoms in total. The maximum Gasteiger partial charge on any atom is 0.125 e. The van der Waals surface area contributed by atoms with Gasteiger partial charge < -0.3 is 4.74 Å². The van der Waals surface area contributed by atoms with E-state index < -0.39 is 0 Å². The van der Waals surface area contributed by atoms with Crippen molar-refractivity contribution in [2.24, 2.45) is 15.9 Å². The molecule has 0 aromatic rings. The molecule has 1 saturated heterocycles. The molecule has 0 unspecified atom stereocenters. The predicted octanol–water partition coefficient (Wildman–Crippen LogP) is 1.53. The SMILES string of the molecule is C=NC(=NCC)C1CCOCC1. The quantitative estimate of drug-likeness (QED) is 0.455. The first-order chi connectivity index (χ1) is 5.88. The van der Waals surface area contributed by atoms with Crippen molar-refractivity contribution in [3.63, 3.8) is 0 Å². The lowest BCUT2D eigenvalue weighted by molar-refractivity contribution is 0.0825. The van der Waals surface area contributed by atoms with Gasteiger partial charge >= 0.3 is 0 Å². The van der Waals surface area contributed by atoms with E-state index in [-0.39, 0.29) is 0 Å². The molecule has 3 heteroatoms. The highest BCUT2D eigenvalue weighted by Crippen LogP contribution is 2.16. The molecule has 12 heavy (non-hydrogen) atoms. The Hall–Kier alpha value is -0.700. The predicted molar refractivity (Wildman–Crippen MR) is 51.1 cm³/mol. The van der Waals surface area contributed by atoms with E-state index in [1.54, 1.807) is 0 Å². The Balaban J connectivity index is 2.51. The van der Waals surface area contributed by atoms with Crippen molar-refractivity contribution in [3.05, 3.63) is 0 Å². The summed E-state index contributed by atoms with van der Waals surface area (Å²) in [6, 6.07) is 0. The van der Waals surface area contributed by atoms with Crippen LogP contribution in [0.3, 0.4) is 0 Å². The first-order valence-corrected chi connectivity index (χ1v) is 4.47. The number of amidine groups is 1. The van der Waals surface area contributed by atoms with Crippen LogP contribution in [0.15, 0.2) is 9.98 Å². The number of hydrogen-bond donors (Lipinski definition) is 0. The summed E-state index contributed by atoms with van der Waals surface area (Å²) in [5, 5.41) is 0. The third-order valence-electron chi connectivity index (χ3n) is 2.07. The number of rotatable bonds is 2. The van der Waals surface area contributed by atoms with Crippen molar-refractivity contribution in [2.45, 2.75) is 19.8 Å². The van der Waals surface area contributed by atoms with Crippen molar-refractivity contribution >= 4 is 12.6 Å². The van der Waals surface area contributed by atoms with Crippen LogP contribution in [0.2, 0.25) is 0 Å². The van der Waals surface area contributed by atoms with Gasteiger partial charge in [0.05, 0.1) is 0 Å². The normalized spacial score (nSPS) is 20.9. The third-order valence-corrected chi connectivity index (χ3v) is 2.07. The Morgan fingerprint density at radius 2 is 2.17 bits per heavy atom. The zero-order valence-corrected chi connectivity index (χ0v) is 7.62. The summed E-state index contributed by atoms with van der Waals surface area (Å²) >= 11 is 0. The highest BCUT2D eigenvalue weighted by atomic mass is 16.5. The minimum absolute atomic E-state index is 0.483. The smallest absolute Gasteiger partial charge is 0.125 e. The molecule has 0 atom stereocenters. The lowest BCUT2D eigenvalue weighted by Gasteiger charge is -2.21. The molecule has 0 aromatic heterocycles. The summed E-state index contributed by atoms with van der Waals surface area (Å²) in [6.07, 6.45) is 2.08. The molecular weight excluding hydrogens is 152 g/mol. The van der Waals surface area contributed by atoms with Gasteiger partial charge in [0.2, 0.25) is 0 Å². The molecule has 1 fully saturated rings. The fraction of sp³-hybridized carbons (Fsp3) is 0.778. The number of nitrogens with zero attached hydrogens (tertiary/aromatic N) is 2. The van der Waals surface area contributed by atoms with Crippen molar-refractivity contribution in [3.8, 4) is 0 Å². The first kappa shape index (κ1) is 9.39. The van der Waals surface area contributed by atoms with Gasteiger partial charge in [0.1, 0.15) is 5.84 Å². The molecule has 0 aromatic carbocycles. The standard InChI is InChI=1S/C9H16N2O/c1-3-11-9(10-2)8-4-6-12-7-5-8/h8H,2-7H2,1H3. The second-order valence-electron chi connectivity index (χ2n) is 2.88. The van der Waals surface area contributed by atoms with Crippen LogP contribution in [0.25, 0.3) is 0 Å². The van der Waals surface area contributed by atoms with Crippen molar-refractivity contribution in [1.29, 1.82) is 0 Å². The lowest BCUT2D eigenvalue weighted by Crippen LogP contribution is -2.22. The molecule has 0 bridgehead atoms. The van der Waals surface area contributed by atoms with E-state index in [4.69, 9.17) is 4.74 Å². The van der Waals surface area contributed by atoms with E-state index in [0.717, 1.165) is 38.4 Å². The molecule has 0 radical (unpaired) electrons. The molecule has 0 amide bonds. The van der Waals surface area contributed by atoms with Gasteiger partial charge in [0.15, 0.2) is 0 Å². The highest BCUT2D eigenvalue weighted by Gasteiger charge is 2.18. The summed E-state index contributed by atoms with van der Waals surface area (Å²) in [4.78, 5) is 8.24. The molecule has 0 aliphatic carbocycles. The molecule has 0 N–H and O–H groups in total. The van der Waals surface area contributed by atoms with Crippen LogP contribution in [0.5, 0.6) is 0 Å². The minimum Gasteiger partial charge on any atom is -0.381 e. The van der Waals surface area contributed by atoms with Gasteiger partial charge in [0, 0.05) is 25.7 Å². The summed E-state index contributed by atoms with van der Waals surface area (Å²) < 4.78 is 5.26. The Morgan fingerprint density at radius 1 is 1.50 bits per heavy atom. The summed E-state index contributed by atoms with van der Waals surface area (Å²) in [6.45, 7) is 8.02. The third kappa shape index (κ3) is 2.41. The van der Waals surface area contributed by atoms with Crippen LogP contribution in [-0.2, 0) is 4.74 Å². The van der Waals surface area contributed by atoms with E-state index in [0.29, 0.717) is 5.92 Å². The van der Waals surface area contributed by atoms with Crippen LogP contribution in [0.1, 0.15) is 19.8 Å². The molecule has 68 valence electrons. The molecule has 1 aliphatic rings. The van der Waals surface area contributed by atoms with Crippen molar-refractivity contribution < 1.29 is 4.74 Å². The second kappa shape index (κ2) is 5.04. The fourth-order valence-electron chi connectivity index (χ4n) is 1.43. The number of ether oxygens (including phenoxy) is 1. The topological polar surface area (TPSA) is 34.0 Å². The van der Waals surface area contributed by atoms with Gasteiger partial charge in [-0.05, 0) is 26.5 Å². The van der Waals surface area contributed by atoms with Crippen LogP contribution in [-0.4, -0.2) is 32.3 Å². The Morgan fingerprint density at radius 3 is 2.67 bits per heavy atom. The summed E-state index contributed by atoms with van der Waals surface area (Å²) in [7, 11) is 0. The van der Waals surface area contributed by atoms with E-state index in [9.17, 15) is 0 Å². The molecule has 1 heterocycles. The Bertz CT molecular complexity index is 171. The fourth-order valence-corrected chi connectivity index (χ4v) is 1.43. The molecule has 1 rings (SSSR count). The lowest BCUT2D eigenvalue weighted by atomic mass is 9.99. The van der Waals surface area contributed by atoms with E-state index >= 15 is 0 Å². The summed E-state index contributed by atoms with van der Waals surface area (Å²) in [5.41, 5.74) is 0. The van der Waals surface area contributed by atoms with Gasteiger partial charge in [-0.3, -0.25) is 4.99 Å². The summed E-state index contributed by atoms with van der Waals surface area (Å²) in [5.74, 6) is 1.40. The van der Waals surface area contributed by atoms with Gasteiger partial charge in [-0.1, -0.05) is 0 Å². The maximum absolute atomic E-state index is 5.26. The minimum atomic E-state index is 0.483. The first-order valence-electron chi connectivity index (χ1n) is 4.47. The van der Waals surface area contributed by atoms with Gasteiger partial charge in [-0.2, -0.15) is 0 Å². The van der Waals surface area contributed by atoms with Crippen LogP contribution < -0.4 is 0 Å². The average molecular weight is 168 g/mol. The van der Waals surface area contributed by atoms with Crippen molar-refractivity contribution in [2.75, 3.05) is 19.8 Å². The number of aliphatic imine (C=N–C) groups is 2. The zero-order valence-electron chi connectivity index (χ0n) is 7.62. The van der Waals surface area contributed by atoms with E-state index in [1.807, 2.05) is 6.92 Å². The largest absolute Gasteiger partial charge is 0.381 e. The van der Waals surface area contributed by atoms with Crippen LogP contribution >= 0.6 is 0 Å². The molecule has 0 spiro atoms. The molecule has 1 aliphatic heterocycles. The Kier molecular flexibility index (Phi) is 3.94. The van der Waals surface area contributed by atoms with Gasteiger partial charge in [-0.25, -0.2) is 4.99 Å². The Labute approximate surface area is 73.6 Å².